The average Bonchev–Trinajstić information content (AvgIpc) is 3.15. The monoisotopic (exact) mass is 589 g/mol. The maximum atomic E-state index is 13.4. The highest BCUT2D eigenvalue weighted by molar-refractivity contribution is 6.74. The highest BCUT2D eigenvalue weighted by Gasteiger charge is 2.53. The molecule has 8 heteroatoms. The standard InChI is InChI=1S/C33H46F3NO3Si/c1-20(2)28-26-27(25-23(37-28)18-31(6,7)19-24(25)40-41(8,9)30(3,4)5)32(14-16-38-17-15-32)39-29(26)21-10-12-22(13-11-21)33(34,35)36/h10-13,20,24,29H,14-19H2,1-9H3. The van der Waals surface area contributed by atoms with Gasteiger partial charge in [0.05, 0.1) is 17.3 Å². The molecule has 1 fully saturated rings. The van der Waals surface area contributed by atoms with E-state index < -0.39 is 31.8 Å². The summed E-state index contributed by atoms with van der Waals surface area (Å²) in [7, 11) is -2.16. The maximum Gasteiger partial charge on any atom is 0.416 e. The molecule has 41 heavy (non-hydrogen) atoms. The van der Waals surface area contributed by atoms with E-state index in [-0.39, 0.29) is 22.5 Å². The van der Waals surface area contributed by atoms with Crippen LogP contribution in [-0.4, -0.2) is 26.5 Å². The van der Waals surface area contributed by atoms with E-state index >= 15 is 0 Å². The topological polar surface area (TPSA) is 40.6 Å². The van der Waals surface area contributed by atoms with Crippen LogP contribution in [0.2, 0.25) is 18.1 Å². The Morgan fingerprint density at radius 1 is 1.00 bits per heavy atom. The van der Waals surface area contributed by atoms with Gasteiger partial charge in [0.1, 0.15) is 6.10 Å². The van der Waals surface area contributed by atoms with E-state index in [2.05, 4.69) is 61.6 Å². The second kappa shape index (κ2) is 10.2. The average molecular weight is 590 g/mol. The largest absolute Gasteiger partial charge is 0.416 e. The number of hydrogen-bond acceptors (Lipinski definition) is 4. The maximum absolute atomic E-state index is 13.4. The molecule has 2 atom stereocenters. The molecule has 0 N–H and O–H groups in total. The van der Waals surface area contributed by atoms with E-state index in [9.17, 15) is 13.2 Å². The number of nitrogens with zero attached hydrogens (tertiary/aromatic N) is 1. The molecule has 2 unspecified atom stereocenters. The van der Waals surface area contributed by atoms with Gasteiger partial charge in [-0.05, 0) is 65.6 Å². The van der Waals surface area contributed by atoms with Crippen molar-refractivity contribution in [2.45, 2.75) is 122 Å². The van der Waals surface area contributed by atoms with Crippen LogP contribution in [0.1, 0.15) is 125 Å². The van der Waals surface area contributed by atoms with Gasteiger partial charge in [0.15, 0.2) is 8.32 Å². The minimum atomic E-state index is -4.39. The van der Waals surface area contributed by atoms with E-state index in [1.807, 2.05) is 0 Å². The lowest BCUT2D eigenvalue weighted by molar-refractivity contribution is -0.137. The van der Waals surface area contributed by atoms with E-state index in [0.717, 1.165) is 35.4 Å². The molecule has 5 rings (SSSR count). The number of benzene rings is 1. The molecule has 1 aromatic heterocycles. The quantitative estimate of drug-likeness (QED) is 0.333. The minimum Gasteiger partial charge on any atom is -0.410 e. The van der Waals surface area contributed by atoms with Gasteiger partial charge >= 0.3 is 6.18 Å². The molecule has 1 aromatic carbocycles. The van der Waals surface area contributed by atoms with Crippen molar-refractivity contribution in [1.29, 1.82) is 0 Å². The van der Waals surface area contributed by atoms with Crippen LogP contribution in [0.15, 0.2) is 24.3 Å². The summed E-state index contributed by atoms with van der Waals surface area (Å²) in [5, 5.41) is 0.0405. The van der Waals surface area contributed by atoms with E-state index in [4.69, 9.17) is 18.9 Å². The highest BCUT2D eigenvalue weighted by Crippen LogP contribution is 2.59. The number of rotatable bonds is 4. The second-order valence-electron chi connectivity index (χ2n) is 14.9. The Kier molecular flexibility index (Phi) is 7.62. The summed E-state index contributed by atoms with van der Waals surface area (Å²) in [6, 6.07) is 5.48. The van der Waals surface area contributed by atoms with Gasteiger partial charge in [-0.25, -0.2) is 0 Å². The van der Waals surface area contributed by atoms with Gasteiger partial charge < -0.3 is 13.9 Å². The number of pyridine rings is 1. The Morgan fingerprint density at radius 2 is 1.61 bits per heavy atom. The lowest BCUT2D eigenvalue weighted by atomic mass is 9.70. The first-order chi connectivity index (χ1) is 18.9. The SMILES string of the molecule is CC(C)c1nc2c(c3c1C(c1ccc(C(F)(F)F)cc1)OC31CCOCC1)C(O[Si](C)(C)C(C)(C)C)CC(C)(C)C2. The smallest absolute Gasteiger partial charge is 0.410 e. The zero-order valence-electron chi connectivity index (χ0n) is 26.1. The molecule has 0 radical (unpaired) electrons. The van der Waals surface area contributed by atoms with Crippen LogP contribution in [-0.2, 0) is 32.1 Å². The van der Waals surface area contributed by atoms with Gasteiger partial charge in [0.25, 0.3) is 0 Å². The van der Waals surface area contributed by atoms with Crippen molar-refractivity contribution in [2.24, 2.45) is 5.41 Å². The molecule has 4 nitrogen and oxygen atoms in total. The normalized spacial score (nSPS) is 24.0. The Hall–Kier alpha value is -1.74. The molecule has 0 amide bonds. The molecular weight excluding hydrogens is 543 g/mol. The van der Waals surface area contributed by atoms with Crippen LogP contribution in [0.25, 0.3) is 0 Å². The van der Waals surface area contributed by atoms with Crippen LogP contribution in [0.3, 0.4) is 0 Å². The summed E-state index contributed by atoms with van der Waals surface area (Å²) in [5.41, 5.74) is 4.96. The lowest BCUT2D eigenvalue weighted by Crippen LogP contribution is -2.45. The third kappa shape index (κ3) is 5.54. The van der Waals surface area contributed by atoms with Crippen molar-refractivity contribution in [3.8, 4) is 0 Å². The fourth-order valence-corrected chi connectivity index (χ4v) is 7.88. The summed E-state index contributed by atoms with van der Waals surface area (Å²) in [6.45, 7) is 21.4. The van der Waals surface area contributed by atoms with Gasteiger partial charge in [-0.3, -0.25) is 4.98 Å². The number of halogens is 3. The van der Waals surface area contributed by atoms with E-state index in [1.165, 1.54) is 23.3 Å². The zero-order valence-corrected chi connectivity index (χ0v) is 27.1. The molecule has 0 bridgehead atoms. The Labute approximate surface area is 244 Å². The van der Waals surface area contributed by atoms with Crippen molar-refractivity contribution in [3.05, 3.63) is 63.5 Å². The summed E-state index contributed by atoms with van der Waals surface area (Å²) >= 11 is 0. The third-order valence-corrected chi connectivity index (χ3v) is 14.3. The molecule has 2 aliphatic heterocycles. The molecule has 2 aromatic rings. The Bertz CT molecular complexity index is 1290. The van der Waals surface area contributed by atoms with Gasteiger partial charge in [-0.1, -0.05) is 60.6 Å². The van der Waals surface area contributed by atoms with Crippen molar-refractivity contribution >= 4 is 8.32 Å². The molecule has 1 spiro atoms. The van der Waals surface area contributed by atoms with Crippen LogP contribution >= 0.6 is 0 Å². The van der Waals surface area contributed by atoms with Gasteiger partial charge in [0, 0.05) is 48.6 Å². The molecule has 1 saturated heterocycles. The number of alkyl halides is 3. The second-order valence-corrected chi connectivity index (χ2v) is 19.7. The highest BCUT2D eigenvalue weighted by atomic mass is 28.4. The summed E-state index contributed by atoms with van der Waals surface area (Å²) in [4.78, 5) is 5.38. The predicted octanol–water partition coefficient (Wildman–Crippen LogP) is 9.38. The summed E-state index contributed by atoms with van der Waals surface area (Å²) in [5.74, 6) is 0.120. The fraction of sp³-hybridized carbons (Fsp3) is 0.667. The first-order valence-electron chi connectivity index (χ1n) is 15.0. The summed E-state index contributed by atoms with van der Waals surface area (Å²) in [6.07, 6.45) is -1.87. The Morgan fingerprint density at radius 3 is 2.15 bits per heavy atom. The first-order valence-corrected chi connectivity index (χ1v) is 17.9. The van der Waals surface area contributed by atoms with Crippen molar-refractivity contribution in [3.63, 3.8) is 0 Å². The molecule has 3 heterocycles. The molecular formula is C33H46F3NO3Si. The van der Waals surface area contributed by atoms with Gasteiger partial charge in [0.2, 0.25) is 0 Å². The van der Waals surface area contributed by atoms with E-state index in [1.54, 1.807) is 12.1 Å². The number of ether oxygens (including phenoxy) is 2. The number of aromatic nitrogens is 1. The molecule has 3 aliphatic rings. The zero-order chi connectivity index (χ0) is 30.2. The first kappa shape index (κ1) is 30.7. The predicted molar refractivity (Wildman–Crippen MR) is 158 cm³/mol. The summed E-state index contributed by atoms with van der Waals surface area (Å²) < 4.78 is 60.5. The fourth-order valence-electron chi connectivity index (χ4n) is 6.62. The van der Waals surface area contributed by atoms with Crippen molar-refractivity contribution < 1.29 is 27.1 Å². The van der Waals surface area contributed by atoms with Gasteiger partial charge in [-0.2, -0.15) is 13.2 Å². The van der Waals surface area contributed by atoms with Crippen molar-refractivity contribution in [2.75, 3.05) is 13.2 Å². The molecule has 0 saturated carbocycles. The molecule has 226 valence electrons. The van der Waals surface area contributed by atoms with Crippen LogP contribution < -0.4 is 0 Å². The van der Waals surface area contributed by atoms with Crippen LogP contribution in [0, 0.1) is 5.41 Å². The molecule has 1 aliphatic carbocycles. The minimum absolute atomic E-state index is 0.0185. The van der Waals surface area contributed by atoms with Crippen LogP contribution in [0.5, 0.6) is 0 Å². The van der Waals surface area contributed by atoms with E-state index in [0.29, 0.717) is 26.1 Å². The lowest BCUT2D eigenvalue weighted by Gasteiger charge is -2.46. The van der Waals surface area contributed by atoms with Crippen LogP contribution in [0.4, 0.5) is 13.2 Å². The van der Waals surface area contributed by atoms with Gasteiger partial charge in [-0.15, -0.1) is 0 Å². The number of fused-ring (bicyclic) bond motifs is 4. The van der Waals surface area contributed by atoms with Crippen molar-refractivity contribution in [1.82, 2.24) is 4.98 Å². The third-order valence-electron chi connectivity index (χ3n) is 9.78. The number of hydrogen-bond donors (Lipinski definition) is 0. The Balaban J connectivity index is 1.76.